The fourth-order valence-corrected chi connectivity index (χ4v) is 0. The molecular weight excluding hydrogens is 135 g/mol. The third kappa shape index (κ3) is 229. The van der Waals surface area contributed by atoms with Gasteiger partial charge < -0.3 is 15.0 Å². The van der Waals surface area contributed by atoms with Gasteiger partial charge in [-0.15, -0.1) is 0 Å². The normalized spacial score (nSPS) is 5.38. The first kappa shape index (κ1) is 16.0. The Morgan fingerprint density at radius 2 is 1.75 bits per heavy atom. The Morgan fingerprint density at radius 3 is 1.75 bits per heavy atom. The summed E-state index contributed by atoms with van der Waals surface area (Å²) < 4.78 is 0. The Kier molecular flexibility index (Phi) is 31.4. The van der Waals surface area contributed by atoms with Crippen molar-refractivity contribution in [2.45, 2.75) is 13.8 Å². The minimum Gasteiger partial charge on any atom is -0.550 e. The Bertz CT molecular complexity index is 42.5. The molecule has 0 radical (unpaired) electrons. The van der Waals surface area contributed by atoms with Crippen molar-refractivity contribution in [3.8, 4) is 0 Å². The molecule has 0 saturated heterocycles. The number of aliphatic hydroxyl groups is 1. The maximum Gasteiger partial charge on any atom is 1.00 e. The molecule has 1 N–H and O–H groups in total. The van der Waals surface area contributed by atoms with Crippen LogP contribution in [-0.2, 0) is 4.79 Å². The van der Waals surface area contributed by atoms with E-state index in [1.165, 1.54) is 0 Å². The van der Waals surface area contributed by atoms with Gasteiger partial charge in [0, 0.05) is 12.6 Å². The zero-order valence-corrected chi connectivity index (χ0v) is 8.59. The number of carbonyl (C=O) groups excluding carboxylic acids is 1. The molecule has 0 heterocycles. The summed E-state index contributed by atoms with van der Waals surface area (Å²) in [6, 6.07) is 0. The second kappa shape index (κ2) is 15.7. The van der Waals surface area contributed by atoms with E-state index in [2.05, 4.69) is 0 Å². The molecule has 0 aliphatic heterocycles. The number of aliphatic carboxylic acids is 1. The molecule has 0 aromatic heterocycles. The Hall–Kier alpha value is 1.07. The van der Waals surface area contributed by atoms with E-state index in [-0.39, 0.29) is 58.0 Å². The van der Waals surface area contributed by atoms with Crippen LogP contribution in [0, 0.1) is 0 Å². The molecule has 0 aliphatic rings. The van der Waals surface area contributed by atoms with Crippen molar-refractivity contribution in [3.05, 3.63) is 0 Å². The summed E-state index contributed by atoms with van der Waals surface area (Å²) in [6.07, 6.45) is 0. The van der Waals surface area contributed by atoms with Crippen LogP contribution in [0.3, 0.4) is 0 Å². The molecule has 0 unspecified atom stereocenters. The number of rotatable bonds is 0. The zero-order valence-electron chi connectivity index (χ0n) is 5.47. The smallest absolute Gasteiger partial charge is 0.550 e. The molecule has 0 aliphatic carbocycles. The van der Waals surface area contributed by atoms with Crippen LogP contribution in [0.15, 0.2) is 0 Å². The summed E-state index contributed by atoms with van der Waals surface area (Å²) in [6.45, 7) is 2.90. The molecule has 0 atom stereocenters. The summed E-state index contributed by atoms with van der Waals surface area (Å²) in [5, 5.41) is 16.5. The molecule has 0 rings (SSSR count). The van der Waals surface area contributed by atoms with E-state index in [9.17, 15) is 0 Å². The molecular formula is C4H9KO3. The number of carbonyl (C=O) groups is 1. The first-order valence-corrected chi connectivity index (χ1v) is 1.93. The fourth-order valence-electron chi connectivity index (χ4n) is 0. The molecule has 0 amide bonds. The van der Waals surface area contributed by atoms with Crippen LogP contribution in [0.5, 0.6) is 0 Å². The maximum atomic E-state index is 8.89. The topological polar surface area (TPSA) is 60.4 Å². The SMILES string of the molecule is CC(=O)[O-].CCO.[K+]. The van der Waals surface area contributed by atoms with Gasteiger partial charge in [0.2, 0.25) is 0 Å². The predicted octanol–water partition coefficient (Wildman–Crippen LogP) is -4.24. The number of aliphatic hydroxyl groups excluding tert-OH is 1. The van der Waals surface area contributed by atoms with E-state index >= 15 is 0 Å². The van der Waals surface area contributed by atoms with Gasteiger partial charge in [0.25, 0.3) is 0 Å². The molecule has 0 fully saturated rings. The minimum atomic E-state index is -1.08. The van der Waals surface area contributed by atoms with Crippen LogP contribution >= 0.6 is 0 Å². The average molecular weight is 144 g/mol. The van der Waals surface area contributed by atoms with Crippen LogP contribution in [0.2, 0.25) is 0 Å². The van der Waals surface area contributed by atoms with E-state index in [0.29, 0.717) is 0 Å². The number of carboxylic acids is 1. The second-order valence-corrected chi connectivity index (χ2v) is 0.808. The number of hydrogen-bond donors (Lipinski definition) is 1. The first-order valence-electron chi connectivity index (χ1n) is 1.93. The molecule has 4 heteroatoms. The first-order chi connectivity index (χ1) is 3.15. The molecule has 44 valence electrons. The standard InChI is InChI=1S/C2H4O2.C2H6O.K/c1-2(3)4;1-2-3;/h1H3,(H,3,4);3H,2H2,1H3;/q;;+1/p-1. The number of hydrogen-bond acceptors (Lipinski definition) is 3. The van der Waals surface area contributed by atoms with Crippen molar-refractivity contribution in [3.63, 3.8) is 0 Å². The van der Waals surface area contributed by atoms with Crippen LogP contribution in [-0.4, -0.2) is 17.7 Å². The van der Waals surface area contributed by atoms with Gasteiger partial charge in [-0.3, -0.25) is 0 Å². The third-order valence-electron chi connectivity index (χ3n) is 0. The summed E-state index contributed by atoms with van der Waals surface area (Å²) in [4.78, 5) is 8.89. The van der Waals surface area contributed by atoms with Crippen LogP contribution in [0.4, 0.5) is 0 Å². The Morgan fingerprint density at radius 1 is 1.75 bits per heavy atom. The monoisotopic (exact) mass is 144 g/mol. The van der Waals surface area contributed by atoms with Crippen molar-refractivity contribution in [1.29, 1.82) is 0 Å². The van der Waals surface area contributed by atoms with Gasteiger partial charge in [0.05, 0.1) is 0 Å². The molecule has 0 spiro atoms. The van der Waals surface area contributed by atoms with Gasteiger partial charge in [-0.2, -0.15) is 0 Å². The van der Waals surface area contributed by atoms with Gasteiger partial charge in [-0.05, 0) is 13.8 Å². The quantitative estimate of drug-likeness (QED) is 0.350. The maximum absolute atomic E-state index is 8.89. The van der Waals surface area contributed by atoms with Crippen molar-refractivity contribution < 1.29 is 66.4 Å². The average Bonchev–Trinajstić information content (AvgIpc) is 1.33. The third-order valence-corrected chi connectivity index (χ3v) is 0. The predicted molar refractivity (Wildman–Crippen MR) is 23.4 cm³/mol. The number of carboxylic acid groups (broad SMARTS) is 1. The molecule has 0 aromatic rings. The molecule has 0 aromatic carbocycles. The molecule has 0 bridgehead atoms. The molecule has 0 saturated carbocycles. The van der Waals surface area contributed by atoms with Crippen molar-refractivity contribution >= 4 is 5.97 Å². The minimum absolute atomic E-state index is 0. The summed E-state index contributed by atoms with van der Waals surface area (Å²) >= 11 is 0. The van der Waals surface area contributed by atoms with Crippen molar-refractivity contribution in [2.24, 2.45) is 0 Å². The summed E-state index contributed by atoms with van der Waals surface area (Å²) in [5.74, 6) is -1.08. The second-order valence-electron chi connectivity index (χ2n) is 0.808. The van der Waals surface area contributed by atoms with E-state index < -0.39 is 5.97 Å². The zero-order chi connectivity index (χ0) is 6.28. The van der Waals surface area contributed by atoms with E-state index in [1.807, 2.05) is 0 Å². The largest absolute Gasteiger partial charge is 1.00 e. The summed E-state index contributed by atoms with van der Waals surface area (Å²) in [5.41, 5.74) is 0. The van der Waals surface area contributed by atoms with Gasteiger partial charge in [0.15, 0.2) is 0 Å². The Labute approximate surface area is 91.5 Å². The van der Waals surface area contributed by atoms with E-state index in [0.717, 1.165) is 6.92 Å². The van der Waals surface area contributed by atoms with Crippen molar-refractivity contribution in [1.82, 2.24) is 0 Å². The molecule has 3 nitrogen and oxygen atoms in total. The van der Waals surface area contributed by atoms with Gasteiger partial charge >= 0.3 is 51.4 Å². The fraction of sp³-hybridized carbons (Fsp3) is 0.750. The Balaban J connectivity index is -0.0000000575. The van der Waals surface area contributed by atoms with Crippen molar-refractivity contribution in [2.75, 3.05) is 6.61 Å². The van der Waals surface area contributed by atoms with E-state index in [4.69, 9.17) is 15.0 Å². The van der Waals surface area contributed by atoms with E-state index in [1.54, 1.807) is 6.92 Å². The van der Waals surface area contributed by atoms with Crippen LogP contribution in [0.25, 0.3) is 0 Å². The van der Waals surface area contributed by atoms with Gasteiger partial charge in [0.1, 0.15) is 0 Å². The molecule has 8 heavy (non-hydrogen) atoms. The van der Waals surface area contributed by atoms with Crippen LogP contribution < -0.4 is 56.5 Å². The van der Waals surface area contributed by atoms with Gasteiger partial charge in [-0.25, -0.2) is 0 Å². The van der Waals surface area contributed by atoms with Gasteiger partial charge in [-0.1, -0.05) is 0 Å². The summed E-state index contributed by atoms with van der Waals surface area (Å²) in [7, 11) is 0. The van der Waals surface area contributed by atoms with Crippen LogP contribution in [0.1, 0.15) is 13.8 Å².